The van der Waals surface area contributed by atoms with Crippen molar-refractivity contribution in [2.24, 2.45) is 4.99 Å². The van der Waals surface area contributed by atoms with E-state index in [2.05, 4.69) is 63.7 Å². The Kier molecular flexibility index (Phi) is 8.64. The van der Waals surface area contributed by atoms with Crippen LogP contribution >= 0.6 is 24.0 Å². The van der Waals surface area contributed by atoms with E-state index >= 15 is 0 Å². The first-order valence-corrected chi connectivity index (χ1v) is 9.33. The van der Waals surface area contributed by atoms with E-state index < -0.39 is 0 Å². The van der Waals surface area contributed by atoms with Gasteiger partial charge in [0.2, 0.25) is 0 Å². The summed E-state index contributed by atoms with van der Waals surface area (Å²) in [5.74, 6) is 1.96. The molecule has 144 valence electrons. The molecule has 1 aromatic heterocycles. The van der Waals surface area contributed by atoms with Crippen LogP contribution < -0.4 is 15.5 Å². The highest BCUT2D eigenvalue weighted by atomic mass is 127. The number of nitrogens with one attached hydrogen (secondary N) is 2. The molecule has 2 N–H and O–H groups in total. The van der Waals surface area contributed by atoms with Gasteiger partial charge in [0.15, 0.2) is 5.96 Å². The molecule has 1 saturated heterocycles. The topological polar surface area (TPSA) is 55.8 Å². The molecular formula is C19H31IN6. The number of piperazine rings is 1. The summed E-state index contributed by atoms with van der Waals surface area (Å²) in [5, 5.41) is 6.82. The number of aromatic nitrogens is 1. The van der Waals surface area contributed by atoms with Crippen LogP contribution in [-0.4, -0.2) is 61.7 Å². The second kappa shape index (κ2) is 10.7. The van der Waals surface area contributed by atoms with Gasteiger partial charge in [0.1, 0.15) is 5.82 Å². The molecule has 1 fully saturated rings. The molecule has 0 unspecified atom stereocenters. The van der Waals surface area contributed by atoms with Crippen LogP contribution in [0.15, 0.2) is 35.5 Å². The van der Waals surface area contributed by atoms with Gasteiger partial charge >= 0.3 is 0 Å². The molecule has 7 heteroatoms. The highest BCUT2D eigenvalue weighted by Gasteiger charge is 2.15. The van der Waals surface area contributed by atoms with Crippen LogP contribution in [0.1, 0.15) is 25.3 Å². The van der Waals surface area contributed by atoms with E-state index in [1.165, 1.54) is 0 Å². The Morgan fingerprint density at radius 3 is 2.54 bits per heavy atom. The van der Waals surface area contributed by atoms with Gasteiger partial charge in [-0.1, -0.05) is 18.2 Å². The predicted octanol–water partition coefficient (Wildman–Crippen LogP) is 2.23. The Labute approximate surface area is 174 Å². The minimum atomic E-state index is 0. The minimum absolute atomic E-state index is 0. The van der Waals surface area contributed by atoms with Crippen molar-refractivity contribution in [1.82, 2.24) is 20.5 Å². The Balaban J connectivity index is 0.00000243. The van der Waals surface area contributed by atoms with Crippen LogP contribution in [-0.2, 0) is 6.54 Å². The van der Waals surface area contributed by atoms with Crippen molar-refractivity contribution in [3.05, 3.63) is 36.0 Å². The molecule has 0 radical (unpaired) electrons. The van der Waals surface area contributed by atoms with Gasteiger partial charge < -0.3 is 20.4 Å². The lowest BCUT2D eigenvalue weighted by molar-refractivity contribution is 0.312. The van der Waals surface area contributed by atoms with Crippen LogP contribution in [0.5, 0.6) is 0 Å². The van der Waals surface area contributed by atoms with Crippen LogP contribution in [0.4, 0.5) is 5.82 Å². The van der Waals surface area contributed by atoms with Crippen molar-refractivity contribution < 1.29 is 0 Å². The zero-order valence-electron chi connectivity index (χ0n) is 15.8. The summed E-state index contributed by atoms with van der Waals surface area (Å²) in [6.07, 6.45) is 8.56. The van der Waals surface area contributed by atoms with E-state index in [0.717, 1.165) is 62.9 Å². The van der Waals surface area contributed by atoms with Crippen molar-refractivity contribution in [2.45, 2.75) is 32.4 Å². The fourth-order valence-electron chi connectivity index (χ4n) is 3.15. The zero-order chi connectivity index (χ0) is 17.5. The molecule has 1 aromatic rings. The lowest BCUT2D eigenvalue weighted by Gasteiger charge is -2.33. The first-order chi connectivity index (χ1) is 12.2. The third-order valence-corrected chi connectivity index (χ3v) is 4.75. The maximum absolute atomic E-state index is 4.71. The van der Waals surface area contributed by atoms with E-state index in [-0.39, 0.29) is 24.0 Å². The van der Waals surface area contributed by atoms with Crippen LogP contribution in [0.3, 0.4) is 0 Å². The van der Waals surface area contributed by atoms with Gasteiger partial charge in [-0.05, 0) is 38.4 Å². The SMILES string of the molecule is CCNC(=NCc1ccc(N2CCN(C)CC2)nc1)NC1CC=CC1.I. The number of guanidine groups is 1. The number of pyridine rings is 1. The molecule has 0 amide bonds. The van der Waals surface area contributed by atoms with E-state index in [9.17, 15) is 0 Å². The molecule has 26 heavy (non-hydrogen) atoms. The average Bonchev–Trinajstić information content (AvgIpc) is 3.14. The number of anilines is 1. The summed E-state index contributed by atoms with van der Waals surface area (Å²) in [6.45, 7) is 7.90. The van der Waals surface area contributed by atoms with Crippen LogP contribution in [0.25, 0.3) is 0 Å². The monoisotopic (exact) mass is 470 g/mol. The number of rotatable bonds is 5. The molecule has 1 aliphatic carbocycles. The van der Waals surface area contributed by atoms with Crippen LogP contribution in [0.2, 0.25) is 0 Å². The van der Waals surface area contributed by atoms with Gasteiger partial charge in [0, 0.05) is 45.0 Å². The standard InChI is InChI=1S/C19H30N6.HI/c1-3-20-19(23-17-6-4-5-7-17)22-15-16-8-9-18(21-14-16)25-12-10-24(2)11-13-25;/h4-5,8-9,14,17H,3,6-7,10-13,15H2,1-2H3,(H2,20,22,23);1H. The second-order valence-corrected chi connectivity index (χ2v) is 6.79. The summed E-state index contributed by atoms with van der Waals surface area (Å²) in [7, 11) is 2.17. The van der Waals surface area contributed by atoms with Crippen molar-refractivity contribution in [3.63, 3.8) is 0 Å². The quantitative estimate of drug-likeness (QED) is 0.299. The molecule has 1 aliphatic heterocycles. The van der Waals surface area contributed by atoms with Gasteiger partial charge in [-0.25, -0.2) is 9.98 Å². The lowest BCUT2D eigenvalue weighted by atomic mass is 10.2. The predicted molar refractivity (Wildman–Crippen MR) is 119 cm³/mol. The molecule has 3 rings (SSSR count). The summed E-state index contributed by atoms with van der Waals surface area (Å²) in [6, 6.07) is 4.73. The lowest BCUT2D eigenvalue weighted by Crippen LogP contribution is -2.44. The molecule has 2 heterocycles. The van der Waals surface area contributed by atoms with E-state index in [4.69, 9.17) is 4.99 Å². The number of aliphatic imine (C=N–C) groups is 1. The molecule has 0 saturated carbocycles. The number of hydrogen-bond donors (Lipinski definition) is 2. The third kappa shape index (κ3) is 6.12. The minimum Gasteiger partial charge on any atom is -0.357 e. The molecule has 0 spiro atoms. The summed E-state index contributed by atoms with van der Waals surface area (Å²) in [5.41, 5.74) is 1.14. The van der Waals surface area contributed by atoms with E-state index in [1.807, 2.05) is 6.20 Å². The fourth-order valence-corrected chi connectivity index (χ4v) is 3.15. The summed E-state index contributed by atoms with van der Waals surface area (Å²) < 4.78 is 0. The van der Waals surface area contributed by atoms with Crippen molar-refractivity contribution in [2.75, 3.05) is 44.7 Å². The first kappa shape index (κ1) is 21.0. The number of halogens is 1. The van der Waals surface area contributed by atoms with Gasteiger partial charge in [-0.2, -0.15) is 0 Å². The molecule has 6 nitrogen and oxygen atoms in total. The Morgan fingerprint density at radius 1 is 1.19 bits per heavy atom. The van der Waals surface area contributed by atoms with Crippen molar-refractivity contribution in [1.29, 1.82) is 0 Å². The van der Waals surface area contributed by atoms with E-state index in [0.29, 0.717) is 12.6 Å². The Hall–Kier alpha value is -1.35. The highest BCUT2D eigenvalue weighted by molar-refractivity contribution is 14.0. The Bertz CT molecular complexity index is 585. The smallest absolute Gasteiger partial charge is 0.191 e. The summed E-state index contributed by atoms with van der Waals surface area (Å²) >= 11 is 0. The zero-order valence-corrected chi connectivity index (χ0v) is 18.1. The van der Waals surface area contributed by atoms with Gasteiger partial charge in [0.25, 0.3) is 0 Å². The largest absolute Gasteiger partial charge is 0.357 e. The molecule has 0 aromatic carbocycles. The maximum atomic E-state index is 4.71. The summed E-state index contributed by atoms with van der Waals surface area (Å²) in [4.78, 5) is 14.1. The van der Waals surface area contributed by atoms with Crippen LogP contribution in [0, 0.1) is 0 Å². The molecule has 2 aliphatic rings. The Morgan fingerprint density at radius 2 is 1.92 bits per heavy atom. The maximum Gasteiger partial charge on any atom is 0.191 e. The number of nitrogens with zero attached hydrogens (tertiary/aromatic N) is 4. The molecular weight excluding hydrogens is 439 g/mol. The highest BCUT2D eigenvalue weighted by Crippen LogP contribution is 2.14. The van der Waals surface area contributed by atoms with Gasteiger partial charge in [-0.3, -0.25) is 0 Å². The second-order valence-electron chi connectivity index (χ2n) is 6.79. The molecule has 0 atom stereocenters. The fraction of sp³-hybridized carbons (Fsp3) is 0.579. The normalized spacial score (nSPS) is 18.7. The molecule has 0 bridgehead atoms. The van der Waals surface area contributed by atoms with Crippen molar-refractivity contribution >= 4 is 35.8 Å². The third-order valence-electron chi connectivity index (χ3n) is 4.75. The van der Waals surface area contributed by atoms with Gasteiger partial charge in [-0.15, -0.1) is 24.0 Å². The first-order valence-electron chi connectivity index (χ1n) is 9.33. The number of hydrogen-bond acceptors (Lipinski definition) is 4. The van der Waals surface area contributed by atoms with Crippen molar-refractivity contribution in [3.8, 4) is 0 Å². The van der Waals surface area contributed by atoms with Gasteiger partial charge in [0.05, 0.1) is 6.54 Å². The average molecular weight is 470 g/mol. The number of likely N-dealkylation sites (N-methyl/N-ethyl adjacent to an activating group) is 1. The van der Waals surface area contributed by atoms with E-state index in [1.54, 1.807) is 0 Å².